The predicted octanol–water partition coefficient (Wildman–Crippen LogP) is 1.69. The number of carbonyl (C=O) groups excluding carboxylic acids is 1. The molecule has 0 bridgehead atoms. The second-order valence-corrected chi connectivity index (χ2v) is 5.95. The number of carbonyl (C=O) groups is 1. The zero-order chi connectivity index (χ0) is 15.1. The van der Waals surface area contributed by atoms with E-state index in [1.807, 2.05) is 30.3 Å². The van der Waals surface area contributed by atoms with Gasteiger partial charge in [-0.15, -0.1) is 0 Å². The maximum absolute atomic E-state index is 11.9. The van der Waals surface area contributed by atoms with Gasteiger partial charge in [0.1, 0.15) is 0 Å². The fourth-order valence-corrected chi connectivity index (χ4v) is 3.26. The van der Waals surface area contributed by atoms with Crippen LogP contribution in [0.1, 0.15) is 0 Å². The van der Waals surface area contributed by atoms with Crippen LogP contribution >= 0.6 is 0 Å². The molecule has 1 unspecified atom stereocenters. The van der Waals surface area contributed by atoms with Gasteiger partial charge in [-0.1, -0.05) is 12.1 Å². The van der Waals surface area contributed by atoms with Crippen LogP contribution in [0.4, 0.5) is 0 Å². The summed E-state index contributed by atoms with van der Waals surface area (Å²) in [5.41, 5.74) is 2.83. The molecule has 22 heavy (non-hydrogen) atoms. The Labute approximate surface area is 128 Å². The number of nitrogens with one attached hydrogen (secondary N) is 1. The average molecular weight is 310 g/mol. The Morgan fingerprint density at radius 3 is 2.77 bits per heavy atom. The highest BCUT2D eigenvalue weighted by molar-refractivity contribution is 7.93. The summed E-state index contributed by atoms with van der Waals surface area (Å²) in [6.07, 6.45) is 6.52. The molecule has 7 heteroatoms. The zero-order valence-corrected chi connectivity index (χ0v) is 12.1. The molecule has 3 heterocycles. The Bertz CT molecular complexity index is 947. The van der Waals surface area contributed by atoms with Crippen LogP contribution in [-0.2, 0) is 15.8 Å². The third-order valence-electron chi connectivity index (χ3n) is 3.41. The first-order chi connectivity index (χ1) is 10.7. The number of hydrogen-bond acceptors (Lipinski definition) is 4. The molecule has 0 saturated heterocycles. The van der Waals surface area contributed by atoms with Crippen molar-refractivity contribution in [2.75, 3.05) is 0 Å². The Morgan fingerprint density at radius 2 is 2.05 bits per heavy atom. The van der Waals surface area contributed by atoms with E-state index in [4.69, 9.17) is 0 Å². The number of benzene rings is 1. The number of pyridine rings is 1. The molecule has 0 saturated carbocycles. The summed E-state index contributed by atoms with van der Waals surface area (Å²) in [6, 6.07) is 9.70. The lowest BCUT2D eigenvalue weighted by Crippen LogP contribution is -2.17. The van der Waals surface area contributed by atoms with Gasteiger partial charge in [0.05, 0.1) is 11.7 Å². The number of rotatable bonds is 2. The molecule has 0 spiro atoms. The first kappa shape index (κ1) is 12.9. The minimum Gasteiger partial charge on any atom is -0.269 e. The van der Waals surface area contributed by atoms with Gasteiger partial charge < -0.3 is 0 Å². The van der Waals surface area contributed by atoms with Crippen molar-refractivity contribution in [2.45, 2.75) is 0 Å². The second kappa shape index (κ2) is 4.88. The van der Waals surface area contributed by atoms with Gasteiger partial charge in [0.25, 0.3) is 5.91 Å². The van der Waals surface area contributed by atoms with Gasteiger partial charge in [-0.2, -0.15) is 5.10 Å². The highest BCUT2D eigenvalue weighted by atomic mass is 32.2. The normalized spacial score (nSPS) is 17.5. The summed E-state index contributed by atoms with van der Waals surface area (Å²) in [5, 5.41) is 5.49. The molecule has 1 N–H and O–H groups in total. The Morgan fingerprint density at radius 1 is 1.14 bits per heavy atom. The monoisotopic (exact) mass is 310 g/mol. The van der Waals surface area contributed by atoms with Gasteiger partial charge in [-0.3, -0.25) is 14.5 Å². The fraction of sp³-hybridized carbons (Fsp3) is 0. The van der Waals surface area contributed by atoms with Crippen LogP contribution in [0, 0.1) is 0 Å². The van der Waals surface area contributed by atoms with Crippen LogP contribution in [0.3, 0.4) is 0 Å². The summed E-state index contributed by atoms with van der Waals surface area (Å²) in [6.45, 7) is 0. The maximum atomic E-state index is 11.9. The Balaban J connectivity index is 1.83. The fourth-order valence-electron chi connectivity index (χ4n) is 2.40. The third-order valence-corrected chi connectivity index (χ3v) is 4.47. The zero-order valence-electron chi connectivity index (χ0n) is 11.3. The lowest BCUT2D eigenvalue weighted by atomic mass is 10.1. The van der Waals surface area contributed by atoms with Crippen LogP contribution < -0.4 is 4.72 Å². The van der Waals surface area contributed by atoms with E-state index in [9.17, 15) is 9.00 Å². The number of aromatic nitrogens is 3. The minimum atomic E-state index is -1.57. The van der Waals surface area contributed by atoms with Crippen LogP contribution in [0.15, 0.2) is 55.0 Å². The predicted molar refractivity (Wildman–Crippen MR) is 83.5 cm³/mol. The van der Waals surface area contributed by atoms with Gasteiger partial charge in [-0.25, -0.2) is 8.89 Å². The Kier molecular flexibility index (Phi) is 2.87. The van der Waals surface area contributed by atoms with Crippen molar-refractivity contribution >= 4 is 32.8 Å². The lowest BCUT2D eigenvalue weighted by Gasteiger charge is -2.04. The topological polar surface area (TPSA) is 76.9 Å². The minimum absolute atomic E-state index is 0.342. The summed E-state index contributed by atoms with van der Waals surface area (Å²) in [4.78, 5) is 15.4. The van der Waals surface area contributed by atoms with E-state index in [0.717, 1.165) is 22.0 Å². The van der Waals surface area contributed by atoms with E-state index >= 15 is 0 Å². The molecule has 1 atom stereocenters. The molecule has 6 nitrogen and oxygen atoms in total. The number of hydrogen-bond donors (Lipinski definition) is 1. The van der Waals surface area contributed by atoms with E-state index in [-0.39, 0.29) is 5.91 Å². The summed E-state index contributed by atoms with van der Waals surface area (Å²) < 4.78 is 15.7. The van der Waals surface area contributed by atoms with Crippen molar-refractivity contribution in [3.05, 3.63) is 55.0 Å². The van der Waals surface area contributed by atoms with Crippen molar-refractivity contribution in [2.24, 2.45) is 0 Å². The van der Waals surface area contributed by atoms with Crippen LogP contribution in [0.5, 0.6) is 0 Å². The lowest BCUT2D eigenvalue weighted by molar-refractivity contribution is -0.114. The molecule has 4 rings (SSSR count). The molecule has 108 valence electrons. The van der Waals surface area contributed by atoms with Gasteiger partial charge in [0.15, 0.2) is 16.0 Å². The third kappa shape index (κ3) is 2.03. The molecule has 1 aliphatic heterocycles. The molecular weight excluding hydrogens is 300 g/mol. The molecular formula is C15H10N4O2S. The van der Waals surface area contributed by atoms with Crippen molar-refractivity contribution in [1.82, 2.24) is 19.5 Å². The number of fused-ring (bicyclic) bond motifs is 1. The molecule has 0 aliphatic carbocycles. The van der Waals surface area contributed by atoms with Gasteiger partial charge in [0.2, 0.25) is 0 Å². The summed E-state index contributed by atoms with van der Waals surface area (Å²) >= 11 is 0. The second-order valence-electron chi connectivity index (χ2n) is 4.79. The number of amides is 1. The van der Waals surface area contributed by atoms with Crippen molar-refractivity contribution < 1.29 is 9.00 Å². The van der Waals surface area contributed by atoms with Crippen molar-refractivity contribution in [3.8, 4) is 11.1 Å². The van der Waals surface area contributed by atoms with Crippen LogP contribution in [-0.4, -0.2) is 24.9 Å². The molecule has 2 aromatic heterocycles. The quantitative estimate of drug-likeness (QED) is 0.781. The van der Waals surface area contributed by atoms with Crippen molar-refractivity contribution in [1.29, 1.82) is 0 Å². The van der Waals surface area contributed by atoms with Gasteiger partial charge in [0, 0.05) is 29.4 Å². The summed E-state index contributed by atoms with van der Waals surface area (Å²) in [7, 11) is -1.57. The van der Waals surface area contributed by atoms with E-state index in [1.54, 1.807) is 18.6 Å². The van der Waals surface area contributed by atoms with Crippen LogP contribution in [0.2, 0.25) is 0 Å². The van der Waals surface area contributed by atoms with E-state index in [0.29, 0.717) is 5.03 Å². The van der Waals surface area contributed by atoms with E-state index in [1.165, 1.54) is 10.8 Å². The average Bonchev–Trinajstić information content (AvgIpc) is 3.10. The van der Waals surface area contributed by atoms with Gasteiger partial charge in [-0.05, 0) is 23.8 Å². The summed E-state index contributed by atoms with van der Waals surface area (Å²) in [5.74, 6) is -0.371. The van der Waals surface area contributed by atoms with E-state index < -0.39 is 11.0 Å². The SMILES string of the molecule is O=C1C=C(n2ncc3cc(-c4cccnc4)ccc32)S(=O)N1. The van der Waals surface area contributed by atoms with Crippen molar-refractivity contribution in [3.63, 3.8) is 0 Å². The van der Waals surface area contributed by atoms with Gasteiger partial charge >= 0.3 is 0 Å². The molecule has 0 radical (unpaired) electrons. The molecule has 0 fully saturated rings. The smallest absolute Gasteiger partial charge is 0.258 e. The first-order valence-corrected chi connectivity index (χ1v) is 7.70. The first-order valence-electron chi connectivity index (χ1n) is 6.55. The molecule has 1 amide bonds. The highest BCUT2D eigenvalue weighted by Gasteiger charge is 2.23. The standard InChI is InChI=1S/C15H10N4O2S/c20-14-7-15(22(21)18-14)19-13-4-3-10(6-12(13)9-17-19)11-2-1-5-16-8-11/h1-9H,(H,18,20). The molecule has 1 aliphatic rings. The van der Waals surface area contributed by atoms with E-state index in [2.05, 4.69) is 14.8 Å². The highest BCUT2D eigenvalue weighted by Crippen LogP contribution is 2.26. The molecule has 3 aromatic rings. The maximum Gasteiger partial charge on any atom is 0.258 e. The molecule has 1 aromatic carbocycles. The van der Waals surface area contributed by atoms with Crippen LogP contribution in [0.25, 0.3) is 27.1 Å². The number of nitrogens with zero attached hydrogens (tertiary/aromatic N) is 3. The Hall–Kier alpha value is -2.80. The largest absolute Gasteiger partial charge is 0.269 e.